The van der Waals surface area contributed by atoms with Crippen LogP contribution in [0.15, 0.2) is 57.9 Å². The average molecular weight is 406 g/mol. The normalized spacial score (nSPS) is 25.9. The Kier molecular flexibility index (Phi) is 4.28. The molecule has 1 saturated carbocycles. The zero-order chi connectivity index (χ0) is 17.5. The zero-order valence-corrected chi connectivity index (χ0v) is 15.4. The van der Waals surface area contributed by atoms with Crippen molar-refractivity contribution in [3.05, 3.63) is 64.1 Å². The molecule has 3 rings (SSSR count). The van der Waals surface area contributed by atoms with Gasteiger partial charge >= 0.3 is 0 Å². The molecule has 6 heteroatoms. The molecule has 24 heavy (non-hydrogen) atoms. The molecule has 0 bridgehead atoms. The largest absolute Gasteiger partial charge is 0.395 e. The van der Waals surface area contributed by atoms with Crippen molar-refractivity contribution in [3.8, 4) is 6.07 Å². The number of hydrogen-bond acceptors (Lipinski definition) is 4. The second-order valence-corrected chi connectivity index (χ2v) is 9.10. The summed E-state index contributed by atoms with van der Waals surface area (Å²) in [6.07, 6.45) is 0. The van der Waals surface area contributed by atoms with E-state index < -0.39 is 33.0 Å². The molecular weight excluding hydrogens is 390 g/mol. The lowest BCUT2D eigenvalue weighted by atomic mass is 10.0. The third kappa shape index (κ3) is 2.57. The molecule has 0 amide bonds. The molecule has 0 aromatic heterocycles. The number of nitrogens with zero attached hydrogens (tertiary/aromatic N) is 1. The van der Waals surface area contributed by atoms with Gasteiger partial charge < -0.3 is 5.11 Å². The van der Waals surface area contributed by atoms with Crippen molar-refractivity contribution in [1.82, 2.24) is 0 Å². The molecule has 2 aromatic rings. The second-order valence-electron chi connectivity index (χ2n) is 6.12. The molecular formula is C18H16BrNO3S. The lowest BCUT2D eigenvalue weighted by molar-refractivity contribution is 0.242. The van der Waals surface area contributed by atoms with Gasteiger partial charge in [-0.3, -0.25) is 0 Å². The molecule has 0 unspecified atom stereocenters. The molecule has 124 valence electrons. The maximum absolute atomic E-state index is 13.0. The SMILES string of the molecule is Cc1ccc(S(=O)(=O)[C@@H]2[C@@H](c3ccc(Br)cc3)[C@]2(C#N)CO)cc1. The van der Waals surface area contributed by atoms with E-state index in [4.69, 9.17) is 0 Å². The van der Waals surface area contributed by atoms with E-state index in [1.54, 1.807) is 36.4 Å². The maximum Gasteiger partial charge on any atom is 0.183 e. The van der Waals surface area contributed by atoms with Crippen LogP contribution in [-0.2, 0) is 9.84 Å². The van der Waals surface area contributed by atoms with E-state index in [-0.39, 0.29) is 4.90 Å². The van der Waals surface area contributed by atoms with Crippen LogP contribution in [-0.4, -0.2) is 25.4 Å². The van der Waals surface area contributed by atoms with Crippen LogP contribution in [0.1, 0.15) is 17.0 Å². The van der Waals surface area contributed by atoms with Crippen molar-refractivity contribution in [1.29, 1.82) is 5.26 Å². The standard InChI is InChI=1S/C18H16BrNO3S/c1-12-2-8-15(9-3-12)24(22,23)17-16(18(17,10-20)11-21)13-4-6-14(19)7-5-13/h2-9,16-17,21H,11H2,1H3/t16-,17-,18+/m1/s1. The Balaban J connectivity index is 2.06. The first-order chi connectivity index (χ1) is 11.4. The van der Waals surface area contributed by atoms with Gasteiger partial charge in [-0.25, -0.2) is 8.42 Å². The Hall–Kier alpha value is -1.68. The molecule has 1 fully saturated rings. The lowest BCUT2D eigenvalue weighted by Crippen LogP contribution is -2.18. The van der Waals surface area contributed by atoms with Crippen molar-refractivity contribution >= 4 is 25.8 Å². The van der Waals surface area contributed by atoms with Crippen LogP contribution in [0.3, 0.4) is 0 Å². The van der Waals surface area contributed by atoms with Crippen LogP contribution < -0.4 is 0 Å². The summed E-state index contributed by atoms with van der Waals surface area (Å²) in [6.45, 7) is 1.39. The van der Waals surface area contributed by atoms with E-state index in [9.17, 15) is 18.8 Å². The average Bonchev–Trinajstić information content (AvgIpc) is 3.26. The van der Waals surface area contributed by atoms with Gasteiger partial charge in [0.1, 0.15) is 5.41 Å². The number of aliphatic hydroxyl groups is 1. The van der Waals surface area contributed by atoms with Crippen LogP contribution in [0.4, 0.5) is 0 Å². The van der Waals surface area contributed by atoms with Crippen molar-refractivity contribution < 1.29 is 13.5 Å². The topological polar surface area (TPSA) is 78.2 Å². The van der Waals surface area contributed by atoms with Crippen LogP contribution in [0.2, 0.25) is 0 Å². The summed E-state index contributed by atoms with van der Waals surface area (Å²) >= 11 is 3.34. The molecule has 2 aromatic carbocycles. The number of nitriles is 1. The van der Waals surface area contributed by atoms with E-state index in [1.807, 2.05) is 19.1 Å². The predicted octanol–water partition coefficient (Wildman–Crippen LogP) is 3.20. The Labute approximate surface area is 149 Å². The summed E-state index contributed by atoms with van der Waals surface area (Å²) in [5.74, 6) is -0.535. The molecule has 1 N–H and O–H groups in total. The van der Waals surface area contributed by atoms with E-state index in [1.165, 1.54) is 0 Å². The van der Waals surface area contributed by atoms with Crippen LogP contribution in [0.25, 0.3) is 0 Å². The highest BCUT2D eigenvalue weighted by molar-refractivity contribution is 9.10. The minimum Gasteiger partial charge on any atom is -0.395 e. The fraction of sp³-hybridized carbons (Fsp3) is 0.278. The van der Waals surface area contributed by atoms with Gasteiger partial charge in [-0.05, 0) is 36.8 Å². The third-order valence-electron chi connectivity index (χ3n) is 4.64. The molecule has 0 heterocycles. The number of halogens is 1. The van der Waals surface area contributed by atoms with Crippen LogP contribution >= 0.6 is 15.9 Å². The van der Waals surface area contributed by atoms with Gasteiger partial charge in [-0.15, -0.1) is 0 Å². The van der Waals surface area contributed by atoms with E-state index in [2.05, 4.69) is 22.0 Å². The molecule has 1 aliphatic rings. The van der Waals surface area contributed by atoms with E-state index in [0.29, 0.717) is 0 Å². The molecule has 1 aliphatic carbocycles. The van der Waals surface area contributed by atoms with Crippen molar-refractivity contribution in [2.24, 2.45) is 5.41 Å². The van der Waals surface area contributed by atoms with Crippen LogP contribution in [0, 0.1) is 23.7 Å². The Morgan fingerprint density at radius 3 is 2.25 bits per heavy atom. The fourth-order valence-electron chi connectivity index (χ4n) is 3.23. The number of sulfone groups is 1. The fourth-order valence-corrected chi connectivity index (χ4v) is 5.81. The highest BCUT2D eigenvalue weighted by Crippen LogP contribution is 2.63. The quantitative estimate of drug-likeness (QED) is 0.846. The monoisotopic (exact) mass is 405 g/mol. The van der Waals surface area contributed by atoms with Crippen LogP contribution in [0.5, 0.6) is 0 Å². The Morgan fingerprint density at radius 2 is 1.75 bits per heavy atom. The lowest BCUT2D eigenvalue weighted by Gasteiger charge is -2.06. The summed E-state index contributed by atoms with van der Waals surface area (Å²) in [5, 5.41) is 18.4. The minimum atomic E-state index is -3.72. The van der Waals surface area contributed by atoms with Gasteiger partial charge in [-0.2, -0.15) is 5.26 Å². The van der Waals surface area contributed by atoms with E-state index >= 15 is 0 Å². The summed E-state index contributed by atoms with van der Waals surface area (Å²) in [6, 6.07) is 15.8. The molecule has 4 nitrogen and oxygen atoms in total. The first-order valence-electron chi connectivity index (χ1n) is 7.45. The van der Waals surface area contributed by atoms with Gasteiger partial charge in [0.15, 0.2) is 9.84 Å². The minimum absolute atomic E-state index is 0.186. The van der Waals surface area contributed by atoms with Gasteiger partial charge in [0.25, 0.3) is 0 Å². The van der Waals surface area contributed by atoms with Crippen molar-refractivity contribution in [3.63, 3.8) is 0 Å². The zero-order valence-electron chi connectivity index (χ0n) is 13.0. The third-order valence-corrected chi connectivity index (χ3v) is 7.46. The molecule has 0 radical (unpaired) electrons. The van der Waals surface area contributed by atoms with Gasteiger partial charge in [0.05, 0.1) is 22.8 Å². The highest BCUT2D eigenvalue weighted by atomic mass is 79.9. The Morgan fingerprint density at radius 1 is 1.17 bits per heavy atom. The Bertz CT molecular complexity index is 901. The first kappa shape index (κ1) is 17.2. The first-order valence-corrected chi connectivity index (χ1v) is 9.79. The van der Waals surface area contributed by atoms with Gasteiger partial charge in [0, 0.05) is 10.4 Å². The number of benzene rings is 2. The summed E-state index contributed by atoms with van der Waals surface area (Å²) in [7, 11) is -3.72. The highest BCUT2D eigenvalue weighted by Gasteiger charge is 2.72. The molecule has 0 saturated heterocycles. The maximum atomic E-state index is 13.0. The predicted molar refractivity (Wildman–Crippen MR) is 94.2 cm³/mol. The number of rotatable bonds is 4. The summed E-state index contributed by atoms with van der Waals surface area (Å²) in [4.78, 5) is 0.186. The van der Waals surface area contributed by atoms with Crippen molar-refractivity contribution in [2.45, 2.75) is 23.0 Å². The van der Waals surface area contributed by atoms with E-state index in [0.717, 1.165) is 15.6 Å². The smallest absolute Gasteiger partial charge is 0.183 e. The van der Waals surface area contributed by atoms with Gasteiger partial charge in [-0.1, -0.05) is 45.8 Å². The number of aryl methyl sites for hydroxylation is 1. The second kappa shape index (κ2) is 5.99. The van der Waals surface area contributed by atoms with Crippen molar-refractivity contribution in [2.75, 3.05) is 6.61 Å². The number of aliphatic hydroxyl groups excluding tert-OH is 1. The molecule has 0 spiro atoms. The van der Waals surface area contributed by atoms with Gasteiger partial charge in [0.2, 0.25) is 0 Å². The summed E-state index contributed by atoms with van der Waals surface area (Å²) in [5.41, 5.74) is 0.412. The molecule has 3 atom stereocenters. The number of hydrogen-bond donors (Lipinski definition) is 1. The summed E-state index contributed by atoms with van der Waals surface area (Å²) < 4.78 is 26.9. The molecule has 0 aliphatic heterocycles.